The minimum Gasteiger partial charge on any atom is -0.487 e. The molecule has 2 aliphatic heterocycles. The van der Waals surface area contributed by atoms with Crippen LogP contribution in [0.25, 0.3) is 0 Å². The van der Waals surface area contributed by atoms with Crippen molar-refractivity contribution in [3.05, 3.63) is 83.2 Å². The molecule has 164 valence electrons. The van der Waals surface area contributed by atoms with Gasteiger partial charge in [-0.05, 0) is 38.1 Å². The molecule has 1 amide bonds. The third-order valence-electron chi connectivity index (χ3n) is 6.50. The van der Waals surface area contributed by atoms with Crippen molar-refractivity contribution in [2.75, 3.05) is 18.0 Å². The van der Waals surface area contributed by atoms with Gasteiger partial charge in [-0.1, -0.05) is 35.4 Å². The second kappa shape index (κ2) is 8.26. The molecule has 1 saturated heterocycles. The number of para-hydroxylation sites is 1. The number of fused-ring (bicyclic) bond motifs is 1. The van der Waals surface area contributed by atoms with Crippen LogP contribution in [0.2, 0.25) is 0 Å². The van der Waals surface area contributed by atoms with E-state index in [2.05, 4.69) is 32.3 Å². The molecule has 32 heavy (non-hydrogen) atoms. The predicted octanol–water partition coefficient (Wildman–Crippen LogP) is 4.39. The maximum Gasteiger partial charge on any atom is 0.251 e. The Morgan fingerprint density at radius 1 is 1.03 bits per heavy atom. The topological polar surface area (TPSA) is 67.4 Å². The van der Waals surface area contributed by atoms with E-state index in [1.807, 2.05) is 50.2 Å². The number of ether oxygens (including phenoxy) is 1. The van der Waals surface area contributed by atoms with E-state index < -0.39 is 0 Å². The second-order valence-electron chi connectivity index (χ2n) is 8.97. The van der Waals surface area contributed by atoms with E-state index in [9.17, 15) is 4.79 Å². The van der Waals surface area contributed by atoms with Crippen LogP contribution in [0.5, 0.6) is 5.75 Å². The highest BCUT2D eigenvalue weighted by Crippen LogP contribution is 2.44. The summed E-state index contributed by atoms with van der Waals surface area (Å²) in [5, 5.41) is 3.30. The smallest absolute Gasteiger partial charge is 0.251 e. The van der Waals surface area contributed by atoms with Crippen LogP contribution in [0, 0.1) is 13.8 Å². The van der Waals surface area contributed by atoms with E-state index in [1.165, 1.54) is 0 Å². The molecule has 2 aliphatic rings. The van der Waals surface area contributed by atoms with Crippen molar-refractivity contribution >= 4 is 11.9 Å². The summed E-state index contributed by atoms with van der Waals surface area (Å²) in [6.45, 7) is 5.69. The molecule has 0 unspecified atom stereocenters. The summed E-state index contributed by atoms with van der Waals surface area (Å²) in [7, 11) is 0. The first-order chi connectivity index (χ1) is 15.5. The van der Waals surface area contributed by atoms with Gasteiger partial charge in [-0.15, -0.1) is 0 Å². The number of benzene rings is 2. The highest BCUT2D eigenvalue weighted by atomic mass is 16.5. The third kappa shape index (κ3) is 4.05. The van der Waals surface area contributed by atoms with Gasteiger partial charge in [0.2, 0.25) is 5.95 Å². The van der Waals surface area contributed by atoms with Gasteiger partial charge in [0.15, 0.2) is 0 Å². The van der Waals surface area contributed by atoms with Crippen molar-refractivity contribution in [1.82, 2.24) is 15.3 Å². The fourth-order valence-corrected chi connectivity index (χ4v) is 4.97. The monoisotopic (exact) mass is 428 g/mol. The fourth-order valence-electron chi connectivity index (χ4n) is 4.97. The molecule has 3 heterocycles. The van der Waals surface area contributed by atoms with Crippen molar-refractivity contribution in [3.63, 3.8) is 0 Å². The lowest BCUT2D eigenvalue weighted by Gasteiger charge is -2.47. The van der Waals surface area contributed by atoms with Gasteiger partial charge in [0.05, 0.1) is 6.04 Å². The van der Waals surface area contributed by atoms with Gasteiger partial charge in [-0.2, -0.15) is 0 Å². The van der Waals surface area contributed by atoms with Crippen LogP contribution < -0.4 is 15.0 Å². The minimum absolute atomic E-state index is 0.0382. The van der Waals surface area contributed by atoms with Gasteiger partial charge in [-0.3, -0.25) is 4.79 Å². The number of carbonyl (C=O) groups excluding carboxylic acids is 1. The van der Waals surface area contributed by atoms with Gasteiger partial charge >= 0.3 is 0 Å². The molecule has 6 heteroatoms. The normalized spacial score (nSPS) is 19.2. The number of aromatic nitrogens is 2. The lowest BCUT2D eigenvalue weighted by atomic mass is 9.80. The average Bonchev–Trinajstić information content (AvgIpc) is 2.79. The predicted molar refractivity (Wildman–Crippen MR) is 124 cm³/mol. The summed E-state index contributed by atoms with van der Waals surface area (Å²) in [6.07, 6.45) is 6.02. The molecule has 0 bridgehead atoms. The molecule has 0 radical (unpaired) electrons. The minimum atomic E-state index is -0.305. The first-order valence-corrected chi connectivity index (χ1v) is 11.2. The average molecular weight is 429 g/mol. The highest BCUT2D eigenvalue weighted by molar-refractivity contribution is 5.95. The van der Waals surface area contributed by atoms with Gasteiger partial charge in [-0.25, -0.2) is 9.97 Å². The van der Waals surface area contributed by atoms with E-state index >= 15 is 0 Å². The molecule has 1 spiro atoms. The summed E-state index contributed by atoms with van der Waals surface area (Å²) >= 11 is 0. The molecule has 3 aromatic rings. The highest BCUT2D eigenvalue weighted by Gasteiger charge is 2.44. The molecule has 2 aromatic carbocycles. The van der Waals surface area contributed by atoms with Crippen LogP contribution in [0.3, 0.4) is 0 Å². The SMILES string of the molecule is Cc1cc(C)cc(C(=O)N[C@@H]2CC3(CCN(c4ncccn4)CC3)Oc3ccccc32)c1. The molecular formula is C26H28N4O2. The largest absolute Gasteiger partial charge is 0.487 e. The molecule has 1 aromatic heterocycles. The standard InChI is InChI=1S/C26H28N4O2/c1-18-14-19(2)16-20(15-18)24(31)29-22-17-26(32-23-7-4-3-6-21(22)23)8-12-30(13-9-26)25-27-10-5-11-28-25/h3-7,10-11,14-16,22H,8-9,12-13,17H2,1-2H3,(H,29,31)/t22-/m1/s1. The van der Waals surface area contributed by atoms with E-state index in [1.54, 1.807) is 12.4 Å². The Balaban J connectivity index is 1.37. The van der Waals surface area contributed by atoms with Gasteiger partial charge < -0.3 is 15.0 Å². The third-order valence-corrected chi connectivity index (χ3v) is 6.50. The lowest BCUT2D eigenvalue weighted by Crippen LogP contribution is -2.52. The van der Waals surface area contributed by atoms with Gasteiger partial charge in [0, 0.05) is 55.9 Å². The van der Waals surface area contributed by atoms with Gasteiger partial charge in [0.25, 0.3) is 5.91 Å². The number of hydrogen-bond donors (Lipinski definition) is 1. The number of carbonyl (C=O) groups is 1. The van der Waals surface area contributed by atoms with E-state index in [0.29, 0.717) is 5.56 Å². The number of aryl methyl sites for hydroxylation is 2. The molecule has 6 nitrogen and oxygen atoms in total. The van der Waals surface area contributed by atoms with Crippen molar-refractivity contribution in [2.24, 2.45) is 0 Å². The summed E-state index contributed by atoms with van der Waals surface area (Å²) in [6, 6.07) is 15.8. The number of amides is 1. The van der Waals surface area contributed by atoms with Crippen molar-refractivity contribution in [2.45, 2.75) is 44.8 Å². The maximum absolute atomic E-state index is 13.2. The van der Waals surface area contributed by atoms with E-state index in [-0.39, 0.29) is 17.6 Å². The zero-order valence-corrected chi connectivity index (χ0v) is 18.5. The Morgan fingerprint density at radius 3 is 2.44 bits per heavy atom. The Kier molecular flexibility index (Phi) is 5.29. The molecular weight excluding hydrogens is 400 g/mol. The van der Waals surface area contributed by atoms with Gasteiger partial charge in [0.1, 0.15) is 11.4 Å². The molecule has 0 saturated carbocycles. The first kappa shape index (κ1) is 20.5. The Bertz CT molecular complexity index is 1100. The Morgan fingerprint density at radius 2 is 1.72 bits per heavy atom. The number of nitrogens with zero attached hydrogens (tertiary/aromatic N) is 3. The number of hydrogen-bond acceptors (Lipinski definition) is 5. The summed E-state index contributed by atoms with van der Waals surface area (Å²) in [5.41, 5.74) is 3.63. The van der Waals surface area contributed by atoms with Crippen LogP contribution in [-0.2, 0) is 0 Å². The quantitative estimate of drug-likeness (QED) is 0.670. The summed E-state index contributed by atoms with van der Waals surface area (Å²) in [5.74, 6) is 1.59. The zero-order chi connectivity index (χ0) is 22.1. The van der Waals surface area contributed by atoms with E-state index in [0.717, 1.165) is 60.7 Å². The second-order valence-corrected chi connectivity index (χ2v) is 8.97. The van der Waals surface area contributed by atoms with Crippen molar-refractivity contribution in [1.29, 1.82) is 0 Å². The lowest BCUT2D eigenvalue weighted by molar-refractivity contribution is 0.00845. The fraction of sp³-hybridized carbons (Fsp3) is 0.346. The summed E-state index contributed by atoms with van der Waals surface area (Å²) < 4.78 is 6.58. The molecule has 1 atom stereocenters. The van der Waals surface area contributed by atoms with Crippen LogP contribution in [-0.4, -0.2) is 34.6 Å². The van der Waals surface area contributed by atoms with Crippen molar-refractivity contribution in [3.8, 4) is 5.75 Å². The molecule has 1 N–H and O–H groups in total. The van der Waals surface area contributed by atoms with Crippen LogP contribution in [0.4, 0.5) is 5.95 Å². The van der Waals surface area contributed by atoms with Crippen molar-refractivity contribution < 1.29 is 9.53 Å². The molecule has 0 aliphatic carbocycles. The van der Waals surface area contributed by atoms with Crippen LogP contribution >= 0.6 is 0 Å². The molecule has 5 rings (SSSR count). The molecule has 1 fully saturated rings. The number of nitrogens with one attached hydrogen (secondary N) is 1. The zero-order valence-electron chi connectivity index (χ0n) is 18.5. The summed E-state index contributed by atoms with van der Waals surface area (Å²) in [4.78, 5) is 24.1. The number of piperidine rings is 1. The Labute approximate surface area is 188 Å². The van der Waals surface area contributed by atoms with E-state index in [4.69, 9.17) is 4.74 Å². The van der Waals surface area contributed by atoms with Crippen LogP contribution in [0.1, 0.15) is 52.4 Å². The number of rotatable bonds is 3. The Hall–Kier alpha value is -3.41. The first-order valence-electron chi connectivity index (χ1n) is 11.2. The maximum atomic E-state index is 13.2. The number of anilines is 1. The van der Waals surface area contributed by atoms with Crippen LogP contribution in [0.15, 0.2) is 60.9 Å².